The van der Waals surface area contributed by atoms with Crippen LogP contribution in [0.3, 0.4) is 0 Å². The lowest BCUT2D eigenvalue weighted by atomic mass is 10.3. The summed E-state index contributed by atoms with van der Waals surface area (Å²) in [6, 6.07) is 4.48. The predicted octanol–water partition coefficient (Wildman–Crippen LogP) is 3.13. The summed E-state index contributed by atoms with van der Waals surface area (Å²) >= 11 is 5.73. The van der Waals surface area contributed by atoms with Crippen molar-refractivity contribution in [3.8, 4) is 5.95 Å². The van der Waals surface area contributed by atoms with Gasteiger partial charge in [-0.3, -0.25) is 14.9 Å². The highest BCUT2D eigenvalue weighted by Gasteiger charge is 2.02. The molecule has 0 bridgehead atoms. The van der Waals surface area contributed by atoms with E-state index in [-0.39, 0.29) is 12.3 Å². The topological polar surface area (TPSA) is 81.9 Å². The summed E-state index contributed by atoms with van der Waals surface area (Å²) in [6.45, 7) is 1.75. The average molecular weight is 382 g/mol. The van der Waals surface area contributed by atoms with Crippen molar-refractivity contribution in [2.75, 3.05) is 12.1 Å². The van der Waals surface area contributed by atoms with Gasteiger partial charge in [0.1, 0.15) is 36.0 Å². The van der Waals surface area contributed by atoms with E-state index < -0.39 is 11.6 Å². The van der Waals surface area contributed by atoms with E-state index in [2.05, 4.69) is 25.3 Å². The number of benzene rings is 1. The van der Waals surface area contributed by atoms with Crippen LogP contribution in [0.2, 0.25) is 5.15 Å². The highest BCUT2D eigenvalue weighted by atomic mass is 35.5. The van der Waals surface area contributed by atoms with Crippen LogP contribution in [-0.2, 0) is 9.63 Å². The van der Waals surface area contributed by atoms with Crippen molar-refractivity contribution in [1.29, 1.82) is 0 Å². The molecule has 0 amide bonds. The summed E-state index contributed by atoms with van der Waals surface area (Å²) in [4.78, 5) is 26.4. The predicted molar refractivity (Wildman–Crippen MR) is 90.9 cm³/mol. The average Bonchev–Trinajstić information content (AvgIpc) is 3.01. The Morgan fingerprint density at radius 1 is 1.31 bits per heavy atom. The molecule has 0 saturated carbocycles. The van der Waals surface area contributed by atoms with E-state index in [0.717, 1.165) is 23.9 Å². The van der Waals surface area contributed by atoms with Gasteiger partial charge in [-0.2, -0.15) is 0 Å². The molecule has 0 fully saturated rings. The maximum absolute atomic E-state index is 12.5. The summed E-state index contributed by atoms with van der Waals surface area (Å²) < 4.78 is 26.8. The van der Waals surface area contributed by atoms with Crippen molar-refractivity contribution in [3.05, 3.63) is 65.5 Å². The van der Waals surface area contributed by atoms with E-state index >= 15 is 0 Å². The lowest BCUT2D eigenvalue weighted by Gasteiger charge is -2.03. The number of rotatable bonds is 5. The number of nitrogens with zero attached hydrogens (tertiary/aromatic N) is 4. The van der Waals surface area contributed by atoms with Gasteiger partial charge in [0.15, 0.2) is 0 Å². The SMILES string of the molecule is Cc1cncn1-c1nccc(Cl)n1.O=CCONc1cc(F)cc(F)c1. The number of nitrogens with one attached hydrogen (secondary N) is 1. The molecule has 3 rings (SSSR count). The number of imidazole rings is 1. The maximum Gasteiger partial charge on any atom is 0.236 e. The van der Waals surface area contributed by atoms with Gasteiger partial charge in [-0.25, -0.2) is 23.7 Å². The number of aryl methyl sites for hydroxylation is 1. The minimum absolute atomic E-state index is 0.124. The van der Waals surface area contributed by atoms with E-state index in [4.69, 9.17) is 11.6 Å². The number of anilines is 1. The molecule has 0 aliphatic heterocycles. The molecule has 1 aromatic carbocycles. The van der Waals surface area contributed by atoms with Gasteiger partial charge in [0.2, 0.25) is 5.95 Å². The Morgan fingerprint density at radius 2 is 2.04 bits per heavy atom. The minimum Gasteiger partial charge on any atom is -0.301 e. The molecule has 2 heterocycles. The zero-order valence-corrected chi connectivity index (χ0v) is 14.3. The molecule has 3 aromatic rings. The number of aromatic nitrogens is 4. The summed E-state index contributed by atoms with van der Waals surface area (Å²) in [5.74, 6) is -0.878. The third kappa shape index (κ3) is 5.87. The molecule has 0 spiro atoms. The Labute approximate surface area is 152 Å². The van der Waals surface area contributed by atoms with Crippen LogP contribution in [-0.4, -0.2) is 32.4 Å². The highest BCUT2D eigenvalue weighted by molar-refractivity contribution is 6.29. The lowest BCUT2D eigenvalue weighted by molar-refractivity contribution is -0.111. The first-order valence-corrected chi connectivity index (χ1v) is 7.63. The van der Waals surface area contributed by atoms with Gasteiger partial charge >= 0.3 is 0 Å². The van der Waals surface area contributed by atoms with Crippen LogP contribution in [0.5, 0.6) is 0 Å². The Hall–Kier alpha value is -2.91. The van der Waals surface area contributed by atoms with Crippen LogP contribution in [0.4, 0.5) is 14.5 Å². The fourth-order valence-corrected chi connectivity index (χ4v) is 1.92. The van der Waals surface area contributed by atoms with E-state index in [9.17, 15) is 13.6 Å². The van der Waals surface area contributed by atoms with Crippen LogP contribution in [0, 0.1) is 18.6 Å². The fourth-order valence-electron chi connectivity index (χ4n) is 1.79. The van der Waals surface area contributed by atoms with Gasteiger partial charge in [-0.1, -0.05) is 11.6 Å². The van der Waals surface area contributed by atoms with Crippen LogP contribution >= 0.6 is 11.6 Å². The second kappa shape index (κ2) is 9.54. The number of hydrogen-bond acceptors (Lipinski definition) is 6. The second-order valence-electron chi connectivity index (χ2n) is 4.82. The normalized spacial score (nSPS) is 10.0. The molecule has 0 radical (unpaired) electrons. The van der Waals surface area contributed by atoms with E-state index in [1.807, 2.05) is 6.92 Å². The van der Waals surface area contributed by atoms with Crippen molar-refractivity contribution in [2.45, 2.75) is 6.92 Å². The maximum atomic E-state index is 12.5. The van der Waals surface area contributed by atoms with Crippen LogP contribution in [0.25, 0.3) is 5.95 Å². The molecule has 0 atom stereocenters. The monoisotopic (exact) mass is 381 g/mol. The number of carbonyl (C=O) groups is 1. The standard InChI is InChI=1S/C8H7ClN4.C8H7F2NO2/c1-6-4-10-5-13(6)8-11-3-2-7(9)12-8;9-6-3-7(10)5-8(4-6)11-13-2-1-12/h2-5H,1H3;1,3-5,11H,2H2. The minimum atomic E-state index is -0.711. The van der Waals surface area contributed by atoms with Gasteiger partial charge < -0.3 is 4.79 Å². The van der Waals surface area contributed by atoms with Crippen molar-refractivity contribution >= 4 is 23.6 Å². The van der Waals surface area contributed by atoms with Crippen LogP contribution < -0.4 is 5.48 Å². The number of halogens is 3. The Balaban J connectivity index is 0.000000187. The number of aldehydes is 1. The summed E-state index contributed by atoms with van der Waals surface area (Å²) in [6.07, 6.45) is 5.53. The van der Waals surface area contributed by atoms with Crippen molar-refractivity contribution < 1.29 is 18.4 Å². The smallest absolute Gasteiger partial charge is 0.236 e. The van der Waals surface area contributed by atoms with Gasteiger partial charge in [-0.15, -0.1) is 0 Å². The van der Waals surface area contributed by atoms with Gasteiger partial charge in [0, 0.05) is 24.2 Å². The first-order chi connectivity index (χ1) is 12.5. The molecule has 26 heavy (non-hydrogen) atoms. The Morgan fingerprint density at radius 3 is 2.62 bits per heavy atom. The van der Waals surface area contributed by atoms with Gasteiger partial charge in [-0.05, 0) is 25.1 Å². The van der Waals surface area contributed by atoms with Crippen LogP contribution in [0.1, 0.15) is 5.69 Å². The largest absolute Gasteiger partial charge is 0.301 e. The van der Waals surface area contributed by atoms with Crippen LogP contribution in [0.15, 0.2) is 43.0 Å². The number of carbonyl (C=O) groups excluding carboxylic acids is 1. The molecule has 2 aromatic heterocycles. The van der Waals surface area contributed by atoms with E-state index in [0.29, 0.717) is 17.4 Å². The summed E-state index contributed by atoms with van der Waals surface area (Å²) in [5, 5.41) is 0.429. The van der Waals surface area contributed by atoms with E-state index in [1.165, 1.54) is 0 Å². The Bertz CT molecular complexity index is 855. The van der Waals surface area contributed by atoms with Crippen molar-refractivity contribution in [3.63, 3.8) is 0 Å². The van der Waals surface area contributed by atoms with E-state index in [1.54, 1.807) is 29.4 Å². The third-order valence-electron chi connectivity index (χ3n) is 2.85. The molecule has 0 unspecified atom stereocenters. The molecule has 0 aliphatic rings. The first kappa shape index (κ1) is 19.4. The molecule has 10 heteroatoms. The molecule has 7 nitrogen and oxygen atoms in total. The molecule has 0 aliphatic carbocycles. The van der Waals surface area contributed by atoms with Crippen molar-refractivity contribution in [2.24, 2.45) is 0 Å². The highest BCUT2D eigenvalue weighted by Crippen LogP contribution is 2.12. The third-order valence-corrected chi connectivity index (χ3v) is 3.06. The molecule has 0 saturated heterocycles. The van der Waals surface area contributed by atoms with Gasteiger partial charge in [0.05, 0.1) is 5.69 Å². The fraction of sp³-hybridized carbons (Fsp3) is 0.125. The zero-order chi connectivity index (χ0) is 18.9. The summed E-state index contributed by atoms with van der Waals surface area (Å²) in [7, 11) is 0. The molecule has 1 N–H and O–H groups in total. The summed E-state index contributed by atoms with van der Waals surface area (Å²) in [5.41, 5.74) is 3.31. The molecular weight excluding hydrogens is 368 g/mol. The van der Waals surface area contributed by atoms with Gasteiger partial charge in [0.25, 0.3) is 0 Å². The Kier molecular flexibility index (Phi) is 7.12. The second-order valence-corrected chi connectivity index (χ2v) is 5.21. The quantitative estimate of drug-likeness (QED) is 0.316. The first-order valence-electron chi connectivity index (χ1n) is 7.25. The molecular formula is C16H14ClF2N5O2. The molecule has 136 valence electrons. The zero-order valence-electron chi connectivity index (χ0n) is 13.6. The number of hydrogen-bond donors (Lipinski definition) is 1. The lowest BCUT2D eigenvalue weighted by Crippen LogP contribution is -2.03. The van der Waals surface area contributed by atoms with Crippen molar-refractivity contribution in [1.82, 2.24) is 19.5 Å².